The number of nitrogen functional groups attached to an aromatic ring is 1. The molecular formula is C22H33N5. The van der Waals surface area contributed by atoms with Crippen molar-refractivity contribution in [2.24, 2.45) is 5.73 Å². The molecule has 0 aliphatic rings. The Labute approximate surface area is 162 Å². The van der Waals surface area contributed by atoms with E-state index in [2.05, 4.69) is 28.6 Å². The van der Waals surface area contributed by atoms with E-state index in [0.717, 1.165) is 60.1 Å². The van der Waals surface area contributed by atoms with E-state index in [1.54, 1.807) is 0 Å². The number of nitrogens with two attached hydrogens (primary N) is 2. The van der Waals surface area contributed by atoms with Crippen LogP contribution in [0.4, 0.5) is 5.82 Å². The SMILES string of the molecule is CCCCc1nc2c(N)nc3ccccc3c2n1CCCCCCCCN. The van der Waals surface area contributed by atoms with E-state index in [-0.39, 0.29) is 0 Å². The number of fused-ring (bicyclic) bond motifs is 3. The Morgan fingerprint density at radius 2 is 1.67 bits per heavy atom. The second kappa shape index (κ2) is 9.70. The van der Waals surface area contributed by atoms with E-state index < -0.39 is 0 Å². The average molecular weight is 368 g/mol. The Kier molecular flexibility index (Phi) is 7.04. The first-order chi connectivity index (χ1) is 13.3. The minimum Gasteiger partial charge on any atom is -0.382 e. The normalized spacial score (nSPS) is 11.6. The lowest BCUT2D eigenvalue weighted by Gasteiger charge is -2.11. The maximum atomic E-state index is 6.26. The molecule has 0 atom stereocenters. The Bertz CT molecular complexity index is 868. The highest BCUT2D eigenvalue weighted by Gasteiger charge is 2.16. The molecule has 0 spiro atoms. The van der Waals surface area contributed by atoms with Crippen LogP contribution in [0, 0.1) is 0 Å². The fourth-order valence-electron chi connectivity index (χ4n) is 3.79. The largest absolute Gasteiger partial charge is 0.382 e. The van der Waals surface area contributed by atoms with Crippen molar-refractivity contribution in [2.45, 2.75) is 71.3 Å². The minimum absolute atomic E-state index is 0.544. The zero-order valence-electron chi connectivity index (χ0n) is 16.6. The Hall–Kier alpha value is -2.14. The fraction of sp³-hybridized carbons (Fsp3) is 0.545. The fourth-order valence-corrected chi connectivity index (χ4v) is 3.79. The summed E-state index contributed by atoms with van der Waals surface area (Å²) in [7, 11) is 0. The number of hydrogen-bond acceptors (Lipinski definition) is 4. The molecule has 0 unspecified atom stereocenters. The number of unbranched alkanes of at least 4 members (excludes halogenated alkanes) is 6. The second-order valence-corrected chi connectivity index (χ2v) is 7.40. The Balaban J connectivity index is 1.86. The molecule has 146 valence electrons. The molecule has 0 bridgehead atoms. The zero-order valence-corrected chi connectivity index (χ0v) is 16.6. The first-order valence-corrected chi connectivity index (χ1v) is 10.5. The number of nitrogens with zero attached hydrogens (tertiary/aromatic N) is 3. The summed E-state index contributed by atoms with van der Waals surface area (Å²) in [6.45, 7) is 4.03. The minimum atomic E-state index is 0.544. The molecular weight excluding hydrogens is 334 g/mol. The smallest absolute Gasteiger partial charge is 0.152 e. The van der Waals surface area contributed by atoms with Crippen LogP contribution in [0.3, 0.4) is 0 Å². The van der Waals surface area contributed by atoms with Gasteiger partial charge in [0.05, 0.1) is 11.0 Å². The summed E-state index contributed by atoms with van der Waals surface area (Å²) in [6, 6.07) is 8.26. The van der Waals surface area contributed by atoms with Crippen LogP contribution in [0.1, 0.15) is 64.1 Å². The maximum absolute atomic E-state index is 6.26. The number of benzene rings is 1. The summed E-state index contributed by atoms with van der Waals surface area (Å²) >= 11 is 0. The highest BCUT2D eigenvalue weighted by molar-refractivity contribution is 6.06. The second-order valence-electron chi connectivity index (χ2n) is 7.40. The molecule has 1 aromatic carbocycles. The van der Waals surface area contributed by atoms with E-state index in [0.29, 0.717) is 5.82 Å². The van der Waals surface area contributed by atoms with Gasteiger partial charge in [-0.15, -0.1) is 0 Å². The molecule has 0 radical (unpaired) electrons. The number of pyridine rings is 1. The van der Waals surface area contributed by atoms with Gasteiger partial charge in [0.25, 0.3) is 0 Å². The maximum Gasteiger partial charge on any atom is 0.152 e. The quantitative estimate of drug-likeness (QED) is 0.476. The lowest BCUT2D eigenvalue weighted by atomic mass is 10.1. The van der Waals surface area contributed by atoms with Gasteiger partial charge in [0.2, 0.25) is 0 Å². The predicted octanol–water partition coefficient (Wildman–Crippen LogP) is 4.81. The Morgan fingerprint density at radius 3 is 2.44 bits per heavy atom. The van der Waals surface area contributed by atoms with Gasteiger partial charge in [-0.2, -0.15) is 0 Å². The lowest BCUT2D eigenvalue weighted by molar-refractivity contribution is 0.546. The van der Waals surface area contributed by atoms with Gasteiger partial charge >= 0.3 is 0 Å². The van der Waals surface area contributed by atoms with Crippen molar-refractivity contribution >= 4 is 27.8 Å². The topological polar surface area (TPSA) is 82.8 Å². The molecule has 27 heavy (non-hydrogen) atoms. The number of aromatic nitrogens is 3. The molecule has 5 heteroatoms. The molecule has 0 aliphatic heterocycles. The third-order valence-corrected chi connectivity index (χ3v) is 5.28. The van der Waals surface area contributed by atoms with Crippen LogP contribution >= 0.6 is 0 Å². The van der Waals surface area contributed by atoms with Gasteiger partial charge in [-0.3, -0.25) is 0 Å². The molecule has 3 aromatic rings. The molecule has 2 aromatic heterocycles. The summed E-state index contributed by atoms with van der Waals surface area (Å²) in [5, 5.41) is 1.15. The van der Waals surface area contributed by atoms with Gasteiger partial charge < -0.3 is 16.0 Å². The molecule has 0 saturated carbocycles. The lowest BCUT2D eigenvalue weighted by Crippen LogP contribution is -2.05. The predicted molar refractivity (Wildman–Crippen MR) is 115 cm³/mol. The van der Waals surface area contributed by atoms with Gasteiger partial charge in [-0.05, 0) is 31.9 Å². The summed E-state index contributed by atoms with van der Waals surface area (Å²) in [4.78, 5) is 9.47. The molecule has 0 fully saturated rings. The number of aryl methyl sites for hydroxylation is 2. The van der Waals surface area contributed by atoms with E-state index in [4.69, 9.17) is 16.5 Å². The summed E-state index contributed by atoms with van der Waals surface area (Å²) < 4.78 is 2.41. The summed E-state index contributed by atoms with van der Waals surface area (Å²) in [6.07, 6.45) is 10.7. The molecule has 3 rings (SSSR count). The number of hydrogen-bond donors (Lipinski definition) is 2. The molecule has 5 nitrogen and oxygen atoms in total. The van der Waals surface area contributed by atoms with E-state index in [1.165, 1.54) is 38.5 Å². The van der Waals surface area contributed by atoms with Crippen molar-refractivity contribution in [3.8, 4) is 0 Å². The van der Waals surface area contributed by atoms with E-state index in [9.17, 15) is 0 Å². The van der Waals surface area contributed by atoms with Gasteiger partial charge in [0.1, 0.15) is 11.3 Å². The van der Waals surface area contributed by atoms with Crippen molar-refractivity contribution in [3.05, 3.63) is 30.1 Å². The highest BCUT2D eigenvalue weighted by Crippen LogP contribution is 2.29. The molecule has 4 N–H and O–H groups in total. The van der Waals surface area contributed by atoms with Crippen LogP contribution in [0.15, 0.2) is 24.3 Å². The average Bonchev–Trinajstić information content (AvgIpc) is 3.05. The molecule has 0 aliphatic carbocycles. The molecule has 0 saturated heterocycles. The first kappa shape index (κ1) is 19.6. The van der Waals surface area contributed by atoms with Crippen molar-refractivity contribution < 1.29 is 0 Å². The molecule has 2 heterocycles. The number of anilines is 1. The zero-order chi connectivity index (χ0) is 19.1. The Morgan fingerprint density at radius 1 is 0.926 bits per heavy atom. The number of para-hydroxylation sites is 1. The van der Waals surface area contributed by atoms with Crippen molar-refractivity contribution in [1.29, 1.82) is 0 Å². The summed E-state index contributed by atoms with van der Waals surface area (Å²) in [5.74, 6) is 1.70. The van der Waals surface area contributed by atoms with Crippen LogP contribution in [0.5, 0.6) is 0 Å². The number of rotatable bonds is 11. The van der Waals surface area contributed by atoms with E-state index in [1.807, 2.05) is 12.1 Å². The standard InChI is InChI=1S/C22H33N5/c1-2-3-14-19-26-20-21(17-12-8-9-13-18(17)25-22(20)24)27(19)16-11-7-5-4-6-10-15-23/h8-9,12-13H,2-7,10-11,14-16,23H2,1H3,(H2,24,25). The van der Waals surface area contributed by atoms with Crippen LogP contribution in [0.25, 0.3) is 21.9 Å². The first-order valence-electron chi connectivity index (χ1n) is 10.5. The van der Waals surface area contributed by atoms with Gasteiger partial charge in [-0.1, -0.05) is 57.2 Å². The van der Waals surface area contributed by atoms with Crippen LogP contribution in [0.2, 0.25) is 0 Å². The monoisotopic (exact) mass is 367 g/mol. The van der Waals surface area contributed by atoms with Gasteiger partial charge in [0.15, 0.2) is 5.82 Å². The van der Waals surface area contributed by atoms with Crippen molar-refractivity contribution in [3.63, 3.8) is 0 Å². The molecule has 0 amide bonds. The third-order valence-electron chi connectivity index (χ3n) is 5.28. The van der Waals surface area contributed by atoms with Crippen LogP contribution in [-0.2, 0) is 13.0 Å². The third kappa shape index (κ3) is 4.59. The van der Waals surface area contributed by atoms with Crippen LogP contribution in [-0.4, -0.2) is 21.1 Å². The number of imidazole rings is 1. The van der Waals surface area contributed by atoms with E-state index >= 15 is 0 Å². The van der Waals surface area contributed by atoms with Crippen molar-refractivity contribution in [2.75, 3.05) is 12.3 Å². The van der Waals surface area contributed by atoms with Crippen molar-refractivity contribution in [1.82, 2.24) is 14.5 Å². The highest BCUT2D eigenvalue weighted by atomic mass is 15.1. The van der Waals surface area contributed by atoms with Gasteiger partial charge in [-0.25, -0.2) is 9.97 Å². The summed E-state index contributed by atoms with van der Waals surface area (Å²) in [5.41, 5.74) is 14.8. The van der Waals surface area contributed by atoms with Gasteiger partial charge in [0, 0.05) is 18.4 Å². The van der Waals surface area contributed by atoms with Crippen LogP contribution < -0.4 is 11.5 Å².